The van der Waals surface area contributed by atoms with Gasteiger partial charge in [0.2, 0.25) is 11.8 Å². The van der Waals surface area contributed by atoms with Gasteiger partial charge in [0.15, 0.2) is 0 Å². The fraction of sp³-hybridized carbons (Fsp3) is 0.526. The molecule has 7 heteroatoms. The molecule has 1 unspecified atom stereocenters. The van der Waals surface area contributed by atoms with Crippen molar-refractivity contribution in [2.24, 2.45) is 5.73 Å². The fourth-order valence-corrected chi connectivity index (χ4v) is 3.08. The van der Waals surface area contributed by atoms with E-state index < -0.39 is 23.9 Å². The first-order valence-corrected chi connectivity index (χ1v) is 9.16. The van der Waals surface area contributed by atoms with E-state index in [1.807, 2.05) is 0 Å². The molecule has 0 heterocycles. The van der Waals surface area contributed by atoms with E-state index in [4.69, 9.17) is 10.5 Å². The Morgan fingerprint density at radius 2 is 1.65 bits per heavy atom. The molecule has 1 fully saturated rings. The monoisotopic (exact) mass is 361 g/mol. The highest BCUT2D eigenvalue weighted by molar-refractivity contribution is 5.90. The molecule has 0 radical (unpaired) electrons. The van der Waals surface area contributed by atoms with E-state index in [-0.39, 0.29) is 12.5 Å². The van der Waals surface area contributed by atoms with Gasteiger partial charge in [0.1, 0.15) is 11.8 Å². The number of para-hydroxylation sites is 1. The predicted octanol–water partition coefficient (Wildman–Crippen LogP) is 2.25. The topological polar surface area (TPSA) is 111 Å². The zero-order valence-electron chi connectivity index (χ0n) is 14.9. The number of benzene rings is 1. The van der Waals surface area contributed by atoms with Crippen LogP contribution in [0.5, 0.6) is 5.75 Å². The van der Waals surface area contributed by atoms with Crippen molar-refractivity contribution in [3.63, 3.8) is 0 Å². The van der Waals surface area contributed by atoms with Crippen LogP contribution < -0.4 is 21.1 Å². The predicted molar refractivity (Wildman–Crippen MR) is 97.5 cm³/mol. The number of primary amides is 1. The van der Waals surface area contributed by atoms with Gasteiger partial charge in [-0.15, -0.1) is 0 Å². The number of ether oxygens (including phenoxy) is 1. The first kappa shape index (κ1) is 19.8. The summed E-state index contributed by atoms with van der Waals surface area (Å²) in [6.45, 7) is 0. The molecular weight excluding hydrogens is 334 g/mol. The van der Waals surface area contributed by atoms with Crippen molar-refractivity contribution in [3.05, 3.63) is 30.3 Å². The van der Waals surface area contributed by atoms with Crippen molar-refractivity contribution >= 4 is 17.9 Å². The summed E-state index contributed by atoms with van der Waals surface area (Å²) < 4.78 is 5.12. The fourth-order valence-electron chi connectivity index (χ4n) is 3.08. The average molecular weight is 361 g/mol. The van der Waals surface area contributed by atoms with Crippen LogP contribution in [0, 0.1) is 0 Å². The minimum Gasteiger partial charge on any atom is -0.410 e. The zero-order chi connectivity index (χ0) is 18.8. The van der Waals surface area contributed by atoms with E-state index in [2.05, 4.69) is 10.6 Å². The van der Waals surface area contributed by atoms with Gasteiger partial charge in [-0.2, -0.15) is 0 Å². The van der Waals surface area contributed by atoms with Crippen molar-refractivity contribution in [2.75, 3.05) is 0 Å². The molecule has 7 nitrogen and oxygen atoms in total. The van der Waals surface area contributed by atoms with Crippen molar-refractivity contribution in [3.8, 4) is 5.75 Å². The molecule has 0 saturated heterocycles. The van der Waals surface area contributed by atoms with Gasteiger partial charge in [0.25, 0.3) is 0 Å². The highest BCUT2D eigenvalue weighted by Crippen LogP contribution is 2.17. The molecule has 1 aromatic carbocycles. The molecule has 0 spiro atoms. The molecule has 1 atom stereocenters. The summed E-state index contributed by atoms with van der Waals surface area (Å²) in [5, 5.41) is 5.38. The molecule has 142 valence electrons. The van der Waals surface area contributed by atoms with E-state index >= 15 is 0 Å². The Morgan fingerprint density at radius 1 is 1.04 bits per heavy atom. The molecule has 1 saturated carbocycles. The van der Waals surface area contributed by atoms with Crippen molar-refractivity contribution in [1.29, 1.82) is 0 Å². The Hall–Kier alpha value is -2.57. The Balaban J connectivity index is 1.92. The number of rotatable bonds is 6. The third-order valence-corrected chi connectivity index (χ3v) is 4.42. The molecule has 1 aliphatic carbocycles. The smallest absolute Gasteiger partial charge is 0.410 e. The van der Waals surface area contributed by atoms with Crippen molar-refractivity contribution in [2.45, 2.75) is 63.5 Å². The van der Waals surface area contributed by atoms with Gasteiger partial charge in [0, 0.05) is 6.04 Å². The molecule has 4 N–H and O–H groups in total. The van der Waals surface area contributed by atoms with Gasteiger partial charge in [-0.1, -0.05) is 50.3 Å². The summed E-state index contributed by atoms with van der Waals surface area (Å²) >= 11 is 0. The molecule has 0 aromatic heterocycles. The quantitative estimate of drug-likeness (QED) is 0.721. The number of nitrogens with one attached hydrogen (secondary N) is 2. The molecule has 1 aromatic rings. The van der Waals surface area contributed by atoms with E-state index in [9.17, 15) is 14.4 Å². The number of amides is 3. The largest absolute Gasteiger partial charge is 0.413 e. The van der Waals surface area contributed by atoms with Gasteiger partial charge in [-0.25, -0.2) is 4.79 Å². The number of hydrogen-bond acceptors (Lipinski definition) is 4. The van der Waals surface area contributed by atoms with Crippen LogP contribution in [-0.2, 0) is 9.59 Å². The lowest BCUT2D eigenvalue weighted by Crippen LogP contribution is -2.51. The van der Waals surface area contributed by atoms with Crippen LogP contribution in [-0.4, -0.2) is 30.0 Å². The van der Waals surface area contributed by atoms with Crippen LogP contribution in [0.4, 0.5) is 4.79 Å². The summed E-state index contributed by atoms with van der Waals surface area (Å²) in [6.07, 6.45) is 6.43. The van der Waals surface area contributed by atoms with E-state index in [0.29, 0.717) is 5.75 Å². The molecule has 3 amide bonds. The van der Waals surface area contributed by atoms with Crippen LogP contribution in [0.1, 0.15) is 51.4 Å². The van der Waals surface area contributed by atoms with Crippen LogP contribution in [0.3, 0.4) is 0 Å². The van der Waals surface area contributed by atoms with Gasteiger partial charge in [-0.3, -0.25) is 9.59 Å². The van der Waals surface area contributed by atoms with Crippen LogP contribution in [0.25, 0.3) is 0 Å². The highest BCUT2D eigenvalue weighted by Gasteiger charge is 2.26. The Labute approximate surface area is 153 Å². The molecule has 26 heavy (non-hydrogen) atoms. The lowest BCUT2D eigenvalue weighted by atomic mass is 9.96. The minimum absolute atomic E-state index is 0.0603. The maximum Gasteiger partial charge on any atom is 0.413 e. The number of carbonyl (C=O) groups excluding carboxylic acids is 3. The molecule has 2 rings (SSSR count). The van der Waals surface area contributed by atoms with Crippen LogP contribution in [0.2, 0.25) is 0 Å². The maximum atomic E-state index is 12.5. The lowest BCUT2D eigenvalue weighted by Gasteiger charge is -2.24. The van der Waals surface area contributed by atoms with E-state index in [1.165, 1.54) is 19.3 Å². The summed E-state index contributed by atoms with van der Waals surface area (Å²) in [5.41, 5.74) is 5.23. The molecule has 0 aliphatic heterocycles. The first-order valence-electron chi connectivity index (χ1n) is 9.16. The standard InChI is InChI=1S/C19H27N3O4/c20-17(23)13-16(22-19(25)26-15-11-7-4-8-12-15)18(24)21-14-9-5-2-1-3-6-10-14/h4,7-8,11-12,14,16H,1-3,5-6,9-10,13H2,(H2,20,23)(H,21,24)(H,22,25). The minimum atomic E-state index is -1.05. The van der Waals surface area contributed by atoms with Gasteiger partial charge < -0.3 is 21.1 Å². The Bertz CT molecular complexity index is 598. The molecule has 0 bridgehead atoms. The zero-order valence-corrected chi connectivity index (χ0v) is 14.9. The SMILES string of the molecule is NC(=O)CC(NC(=O)Oc1ccccc1)C(=O)NC1CCCCCCC1. The van der Waals surface area contributed by atoms with Gasteiger partial charge in [0.05, 0.1) is 6.42 Å². The molecular formula is C19H27N3O4. The summed E-state index contributed by atoms with van der Waals surface area (Å²) in [7, 11) is 0. The summed E-state index contributed by atoms with van der Waals surface area (Å²) in [5.74, 6) is -0.717. The first-order chi connectivity index (χ1) is 12.5. The average Bonchev–Trinajstić information content (AvgIpc) is 2.57. The maximum absolute atomic E-state index is 12.5. The van der Waals surface area contributed by atoms with Crippen molar-refractivity contribution < 1.29 is 19.1 Å². The summed E-state index contributed by atoms with van der Waals surface area (Å²) in [4.78, 5) is 35.9. The third kappa shape index (κ3) is 7.13. The van der Waals surface area contributed by atoms with Crippen LogP contribution in [0.15, 0.2) is 30.3 Å². The Morgan fingerprint density at radius 3 is 2.27 bits per heavy atom. The lowest BCUT2D eigenvalue weighted by molar-refractivity contribution is -0.127. The normalized spacial score (nSPS) is 16.6. The van der Waals surface area contributed by atoms with E-state index in [1.54, 1.807) is 30.3 Å². The second-order valence-electron chi connectivity index (χ2n) is 6.62. The number of carbonyl (C=O) groups is 3. The Kier molecular flexibility index (Phi) is 7.92. The second-order valence-corrected chi connectivity index (χ2v) is 6.62. The highest BCUT2D eigenvalue weighted by atomic mass is 16.6. The van der Waals surface area contributed by atoms with Crippen molar-refractivity contribution in [1.82, 2.24) is 10.6 Å². The number of nitrogens with two attached hydrogens (primary N) is 1. The van der Waals surface area contributed by atoms with Gasteiger partial charge in [-0.05, 0) is 25.0 Å². The number of hydrogen-bond donors (Lipinski definition) is 3. The van der Waals surface area contributed by atoms with E-state index in [0.717, 1.165) is 25.7 Å². The second kappa shape index (κ2) is 10.4. The molecule has 1 aliphatic rings. The van der Waals surface area contributed by atoms with Crippen LogP contribution >= 0.6 is 0 Å². The van der Waals surface area contributed by atoms with Gasteiger partial charge >= 0.3 is 6.09 Å². The summed E-state index contributed by atoms with van der Waals surface area (Å²) in [6, 6.07) is 7.51. The third-order valence-electron chi connectivity index (χ3n) is 4.42.